The van der Waals surface area contributed by atoms with Crippen LogP contribution in [-0.2, 0) is 0 Å². The van der Waals surface area contributed by atoms with Crippen molar-refractivity contribution >= 4 is 23.1 Å². The van der Waals surface area contributed by atoms with Crippen LogP contribution in [0, 0.1) is 0 Å². The normalized spacial score (nSPS) is 16.1. The summed E-state index contributed by atoms with van der Waals surface area (Å²) in [5, 5.41) is 3.51. The second-order valence-electron chi connectivity index (χ2n) is 3.82. The summed E-state index contributed by atoms with van der Waals surface area (Å²) in [4.78, 5) is 2.11. The molecule has 1 fully saturated rings. The fourth-order valence-corrected chi connectivity index (χ4v) is 2.05. The van der Waals surface area contributed by atoms with Crippen LogP contribution in [0.25, 0.3) is 0 Å². The zero-order valence-electron chi connectivity index (χ0n) is 8.66. The summed E-state index contributed by atoms with van der Waals surface area (Å²) in [5.74, 6) is 2.49. The molecule has 1 N–H and O–H groups in total. The Morgan fingerprint density at radius 2 is 1.86 bits per heavy atom. The van der Waals surface area contributed by atoms with E-state index in [1.807, 2.05) is 11.8 Å². The van der Waals surface area contributed by atoms with Crippen LogP contribution in [0.1, 0.15) is 0 Å². The van der Waals surface area contributed by atoms with Gasteiger partial charge in [0.2, 0.25) is 0 Å². The van der Waals surface area contributed by atoms with E-state index in [0.717, 1.165) is 0 Å². The molecule has 0 unspecified atom stereocenters. The Bertz CT molecular complexity index is 291. The van der Waals surface area contributed by atoms with Gasteiger partial charge < -0.3 is 10.2 Å². The molecule has 1 aliphatic rings. The largest absolute Gasteiger partial charge is 0.381 e. The molecule has 2 rings (SSSR count). The average Bonchev–Trinajstić information content (AvgIpc) is 2.12. The molecule has 1 aromatic carbocycles. The monoisotopic (exact) mass is 208 g/mol. The van der Waals surface area contributed by atoms with Gasteiger partial charge in [-0.2, -0.15) is 11.8 Å². The molecule has 14 heavy (non-hydrogen) atoms. The second kappa shape index (κ2) is 4.13. The highest BCUT2D eigenvalue weighted by Crippen LogP contribution is 2.23. The summed E-state index contributed by atoms with van der Waals surface area (Å²) in [7, 11) is 4.12. The summed E-state index contributed by atoms with van der Waals surface area (Å²) in [6, 6.07) is 9.28. The van der Waals surface area contributed by atoms with Crippen LogP contribution in [-0.4, -0.2) is 31.6 Å². The third-order valence-corrected chi connectivity index (χ3v) is 3.67. The average molecular weight is 208 g/mol. The highest BCUT2D eigenvalue weighted by Gasteiger charge is 2.17. The number of nitrogens with one attached hydrogen (secondary N) is 1. The van der Waals surface area contributed by atoms with E-state index in [0.29, 0.717) is 6.04 Å². The minimum atomic E-state index is 0.685. The molecule has 0 saturated carbocycles. The summed E-state index contributed by atoms with van der Waals surface area (Å²) in [6.45, 7) is 0. The van der Waals surface area contributed by atoms with Crippen LogP contribution in [0.5, 0.6) is 0 Å². The zero-order chi connectivity index (χ0) is 9.97. The molecule has 3 heteroatoms. The first kappa shape index (κ1) is 9.71. The lowest BCUT2D eigenvalue weighted by molar-refractivity contribution is 0.882. The highest BCUT2D eigenvalue weighted by atomic mass is 32.2. The molecular formula is C11H16N2S. The first-order valence-electron chi connectivity index (χ1n) is 4.87. The van der Waals surface area contributed by atoms with E-state index in [1.54, 1.807) is 0 Å². The Balaban J connectivity index is 1.98. The van der Waals surface area contributed by atoms with Crippen molar-refractivity contribution in [3.63, 3.8) is 0 Å². The number of hydrogen-bond acceptors (Lipinski definition) is 3. The fourth-order valence-electron chi connectivity index (χ4n) is 1.41. The van der Waals surface area contributed by atoms with E-state index >= 15 is 0 Å². The first-order chi connectivity index (χ1) is 6.75. The van der Waals surface area contributed by atoms with Crippen LogP contribution in [0.2, 0.25) is 0 Å². The van der Waals surface area contributed by atoms with Gasteiger partial charge in [-0.05, 0) is 24.3 Å². The molecule has 1 aromatic rings. The van der Waals surface area contributed by atoms with Crippen LogP contribution in [0.15, 0.2) is 24.3 Å². The fraction of sp³-hybridized carbons (Fsp3) is 0.455. The van der Waals surface area contributed by atoms with Gasteiger partial charge in [-0.25, -0.2) is 0 Å². The van der Waals surface area contributed by atoms with Crippen molar-refractivity contribution in [3.05, 3.63) is 24.3 Å². The molecule has 0 bridgehead atoms. The van der Waals surface area contributed by atoms with E-state index in [1.165, 1.54) is 22.9 Å². The Kier molecular flexibility index (Phi) is 2.87. The Hall–Kier alpha value is -0.830. The quantitative estimate of drug-likeness (QED) is 0.820. The van der Waals surface area contributed by atoms with Crippen molar-refractivity contribution in [2.75, 3.05) is 35.8 Å². The molecule has 0 radical (unpaired) electrons. The topological polar surface area (TPSA) is 15.3 Å². The van der Waals surface area contributed by atoms with Gasteiger partial charge in [0.05, 0.1) is 0 Å². The van der Waals surface area contributed by atoms with Gasteiger partial charge in [0.1, 0.15) is 0 Å². The minimum Gasteiger partial charge on any atom is -0.381 e. The van der Waals surface area contributed by atoms with Gasteiger partial charge in [0.15, 0.2) is 0 Å². The van der Waals surface area contributed by atoms with E-state index in [2.05, 4.69) is 48.6 Å². The predicted octanol–water partition coefficient (Wildman–Crippen LogP) is 2.28. The highest BCUT2D eigenvalue weighted by molar-refractivity contribution is 8.00. The van der Waals surface area contributed by atoms with Crippen LogP contribution < -0.4 is 10.2 Å². The zero-order valence-corrected chi connectivity index (χ0v) is 9.47. The summed E-state index contributed by atoms with van der Waals surface area (Å²) in [5.41, 5.74) is 2.49. The van der Waals surface area contributed by atoms with Crippen LogP contribution >= 0.6 is 11.8 Å². The van der Waals surface area contributed by atoms with Gasteiger partial charge in [0, 0.05) is 43.0 Å². The maximum atomic E-state index is 3.51. The van der Waals surface area contributed by atoms with E-state index in [-0.39, 0.29) is 0 Å². The molecule has 2 nitrogen and oxygen atoms in total. The Labute approximate surface area is 89.7 Å². The molecule has 0 atom stereocenters. The molecule has 0 amide bonds. The van der Waals surface area contributed by atoms with Gasteiger partial charge in [-0.3, -0.25) is 0 Å². The molecule has 0 aromatic heterocycles. The molecule has 0 aliphatic carbocycles. The van der Waals surface area contributed by atoms with E-state index in [4.69, 9.17) is 0 Å². The number of rotatable bonds is 3. The predicted molar refractivity (Wildman–Crippen MR) is 65.5 cm³/mol. The number of nitrogens with zero attached hydrogens (tertiary/aromatic N) is 1. The molecule has 0 spiro atoms. The van der Waals surface area contributed by atoms with E-state index < -0.39 is 0 Å². The molecule has 1 saturated heterocycles. The Morgan fingerprint density at radius 3 is 2.29 bits per heavy atom. The number of hydrogen-bond donors (Lipinski definition) is 1. The minimum absolute atomic E-state index is 0.685. The van der Waals surface area contributed by atoms with Crippen LogP contribution in [0.3, 0.4) is 0 Å². The van der Waals surface area contributed by atoms with Gasteiger partial charge in [-0.1, -0.05) is 0 Å². The van der Waals surface area contributed by atoms with Crippen molar-refractivity contribution in [1.29, 1.82) is 0 Å². The number of anilines is 2. The van der Waals surface area contributed by atoms with Gasteiger partial charge in [0.25, 0.3) is 0 Å². The summed E-state index contributed by atoms with van der Waals surface area (Å²) < 4.78 is 0. The van der Waals surface area contributed by atoms with Crippen molar-refractivity contribution in [2.24, 2.45) is 0 Å². The lowest BCUT2D eigenvalue weighted by Crippen LogP contribution is -2.33. The van der Waals surface area contributed by atoms with Crippen molar-refractivity contribution < 1.29 is 0 Å². The third-order valence-electron chi connectivity index (χ3n) is 2.39. The van der Waals surface area contributed by atoms with Crippen molar-refractivity contribution in [3.8, 4) is 0 Å². The van der Waals surface area contributed by atoms with E-state index in [9.17, 15) is 0 Å². The van der Waals surface area contributed by atoms with Crippen molar-refractivity contribution in [1.82, 2.24) is 0 Å². The maximum absolute atomic E-state index is 3.51. The molecule has 1 aliphatic heterocycles. The Morgan fingerprint density at radius 1 is 1.21 bits per heavy atom. The summed E-state index contributed by atoms with van der Waals surface area (Å²) in [6.07, 6.45) is 0. The third kappa shape index (κ3) is 2.15. The lowest BCUT2D eigenvalue weighted by Gasteiger charge is -2.27. The molecular weight excluding hydrogens is 192 g/mol. The first-order valence-corrected chi connectivity index (χ1v) is 6.03. The number of thioether (sulfide) groups is 1. The smallest absolute Gasteiger partial charge is 0.0442 e. The van der Waals surface area contributed by atoms with Crippen LogP contribution in [0.4, 0.5) is 11.4 Å². The second-order valence-corrected chi connectivity index (χ2v) is 4.89. The van der Waals surface area contributed by atoms with Gasteiger partial charge >= 0.3 is 0 Å². The maximum Gasteiger partial charge on any atom is 0.0442 e. The standard InChI is InChI=1S/C11H16N2S/c1-13(2)11-5-3-9(4-6-11)12-10-7-14-8-10/h3-6,10,12H,7-8H2,1-2H3. The van der Waals surface area contributed by atoms with Crippen molar-refractivity contribution in [2.45, 2.75) is 6.04 Å². The van der Waals surface area contributed by atoms with Gasteiger partial charge in [-0.15, -0.1) is 0 Å². The number of benzene rings is 1. The lowest BCUT2D eigenvalue weighted by atomic mass is 10.2. The molecule has 1 heterocycles. The SMILES string of the molecule is CN(C)c1ccc(NC2CSC2)cc1. The molecule has 76 valence electrons. The summed E-state index contributed by atoms with van der Waals surface area (Å²) >= 11 is 2.00.